The number of aliphatic imine (C=N–C) groups is 1. The van der Waals surface area contributed by atoms with Crippen LogP contribution >= 0.6 is 0 Å². The van der Waals surface area contributed by atoms with E-state index >= 15 is 0 Å². The summed E-state index contributed by atoms with van der Waals surface area (Å²) in [5, 5.41) is 6.57. The minimum absolute atomic E-state index is 0.0669. The molecule has 2 fully saturated rings. The van der Waals surface area contributed by atoms with Crippen molar-refractivity contribution in [1.82, 2.24) is 15.5 Å². The number of guanidine groups is 1. The lowest BCUT2D eigenvalue weighted by atomic mass is 10.1. The van der Waals surface area contributed by atoms with Crippen molar-refractivity contribution in [2.45, 2.75) is 51.6 Å². The molecule has 3 unspecified atom stereocenters. The van der Waals surface area contributed by atoms with Gasteiger partial charge in [-0.1, -0.05) is 24.3 Å². The van der Waals surface area contributed by atoms with Crippen LogP contribution in [0.5, 0.6) is 0 Å². The number of sulfone groups is 1. The summed E-state index contributed by atoms with van der Waals surface area (Å²) >= 11 is 0. The van der Waals surface area contributed by atoms with Crippen molar-refractivity contribution in [2.24, 2.45) is 4.99 Å². The lowest BCUT2D eigenvalue weighted by Gasteiger charge is -2.35. The van der Waals surface area contributed by atoms with Crippen molar-refractivity contribution in [3.63, 3.8) is 0 Å². The lowest BCUT2D eigenvalue weighted by molar-refractivity contribution is -0.0705. The van der Waals surface area contributed by atoms with Crippen molar-refractivity contribution >= 4 is 15.8 Å². The molecule has 0 amide bonds. The first-order valence-electron chi connectivity index (χ1n) is 9.97. The van der Waals surface area contributed by atoms with Crippen molar-refractivity contribution in [1.29, 1.82) is 0 Å². The summed E-state index contributed by atoms with van der Waals surface area (Å²) in [6.45, 7) is 7.65. The second-order valence-electron chi connectivity index (χ2n) is 7.89. The summed E-state index contributed by atoms with van der Waals surface area (Å²) < 4.78 is 29.1. The van der Waals surface area contributed by atoms with Crippen LogP contribution in [0.4, 0.5) is 0 Å². The monoisotopic (exact) mass is 408 g/mol. The standard InChI is InChI=1S/C20H32N4O3S/c1-15-11-24(12-16(2)27-15)13-18-7-5-4-6-17(18)10-22-20(21-3)23-19-8-9-28(25,26)14-19/h4-7,15-16,19H,8-14H2,1-3H3,(H2,21,22,23). The van der Waals surface area contributed by atoms with Crippen LogP contribution in [0.15, 0.2) is 29.3 Å². The first-order chi connectivity index (χ1) is 13.3. The third-order valence-electron chi connectivity index (χ3n) is 5.25. The first-order valence-corrected chi connectivity index (χ1v) is 11.8. The van der Waals surface area contributed by atoms with Gasteiger partial charge in [-0.05, 0) is 31.4 Å². The van der Waals surface area contributed by atoms with E-state index in [4.69, 9.17) is 4.74 Å². The molecule has 2 heterocycles. The third kappa shape index (κ3) is 5.93. The van der Waals surface area contributed by atoms with Gasteiger partial charge in [-0.25, -0.2) is 8.42 Å². The molecular weight excluding hydrogens is 376 g/mol. The highest BCUT2D eigenvalue weighted by Crippen LogP contribution is 2.17. The molecular formula is C20H32N4O3S. The Morgan fingerprint density at radius 1 is 1.21 bits per heavy atom. The van der Waals surface area contributed by atoms with Gasteiger partial charge in [0.25, 0.3) is 0 Å². The Morgan fingerprint density at radius 2 is 1.89 bits per heavy atom. The molecule has 2 saturated heterocycles. The average Bonchev–Trinajstić information content (AvgIpc) is 2.97. The zero-order valence-corrected chi connectivity index (χ0v) is 17.8. The van der Waals surface area contributed by atoms with Crippen LogP contribution in [0.3, 0.4) is 0 Å². The molecule has 156 valence electrons. The molecule has 0 spiro atoms. The molecule has 7 nitrogen and oxygen atoms in total. The number of rotatable bonds is 5. The molecule has 0 aromatic heterocycles. The van der Waals surface area contributed by atoms with Crippen molar-refractivity contribution < 1.29 is 13.2 Å². The van der Waals surface area contributed by atoms with Crippen molar-refractivity contribution in [2.75, 3.05) is 31.6 Å². The quantitative estimate of drug-likeness (QED) is 0.562. The van der Waals surface area contributed by atoms with Gasteiger partial charge in [0.05, 0.1) is 23.7 Å². The smallest absolute Gasteiger partial charge is 0.191 e. The van der Waals surface area contributed by atoms with Gasteiger partial charge in [0.2, 0.25) is 0 Å². The molecule has 2 aliphatic heterocycles. The predicted octanol–water partition coefficient (Wildman–Crippen LogP) is 1.15. The molecule has 0 radical (unpaired) electrons. The number of morpholine rings is 1. The number of nitrogens with one attached hydrogen (secondary N) is 2. The van der Waals surface area contributed by atoms with Gasteiger partial charge in [-0.15, -0.1) is 0 Å². The normalized spacial score (nSPS) is 28.2. The Labute approximate surface area is 168 Å². The topological polar surface area (TPSA) is 83.0 Å². The summed E-state index contributed by atoms with van der Waals surface area (Å²) in [6, 6.07) is 8.35. The van der Waals surface area contributed by atoms with E-state index in [1.54, 1.807) is 7.05 Å². The van der Waals surface area contributed by atoms with Gasteiger partial charge in [0.1, 0.15) is 0 Å². The Balaban J connectivity index is 1.58. The highest BCUT2D eigenvalue weighted by atomic mass is 32.2. The predicted molar refractivity (Wildman–Crippen MR) is 112 cm³/mol. The molecule has 28 heavy (non-hydrogen) atoms. The van der Waals surface area contributed by atoms with E-state index in [0.29, 0.717) is 18.9 Å². The molecule has 8 heteroatoms. The van der Waals surface area contributed by atoms with Crippen LogP contribution in [-0.4, -0.2) is 69.2 Å². The zero-order chi connectivity index (χ0) is 20.1. The first kappa shape index (κ1) is 21.1. The maximum atomic E-state index is 11.7. The molecule has 3 rings (SSSR count). The number of ether oxygens (including phenoxy) is 1. The highest BCUT2D eigenvalue weighted by molar-refractivity contribution is 7.91. The van der Waals surface area contributed by atoms with Gasteiger partial charge in [-0.2, -0.15) is 0 Å². The zero-order valence-electron chi connectivity index (χ0n) is 17.0. The maximum Gasteiger partial charge on any atom is 0.191 e. The fourth-order valence-corrected chi connectivity index (χ4v) is 5.69. The Kier molecular flexibility index (Phi) is 6.95. The van der Waals surface area contributed by atoms with Crippen LogP contribution < -0.4 is 10.6 Å². The maximum absolute atomic E-state index is 11.7. The van der Waals surface area contributed by atoms with Gasteiger partial charge >= 0.3 is 0 Å². The second kappa shape index (κ2) is 9.24. The molecule has 3 atom stereocenters. The fourth-order valence-electron chi connectivity index (χ4n) is 4.01. The van der Waals surface area contributed by atoms with E-state index in [1.165, 1.54) is 11.1 Å². The molecule has 1 aromatic carbocycles. The average molecular weight is 409 g/mol. The van der Waals surface area contributed by atoms with Gasteiger partial charge in [0, 0.05) is 39.3 Å². The van der Waals surface area contributed by atoms with Gasteiger partial charge < -0.3 is 15.4 Å². The van der Waals surface area contributed by atoms with Crippen LogP contribution in [0.2, 0.25) is 0 Å². The van der Waals surface area contributed by atoms with Gasteiger partial charge in [-0.3, -0.25) is 9.89 Å². The highest BCUT2D eigenvalue weighted by Gasteiger charge is 2.28. The van der Waals surface area contributed by atoms with E-state index < -0.39 is 9.84 Å². The number of nitrogens with zero attached hydrogens (tertiary/aromatic N) is 2. The van der Waals surface area contributed by atoms with Gasteiger partial charge in [0.15, 0.2) is 15.8 Å². The summed E-state index contributed by atoms with van der Waals surface area (Å²) in [5.41, 5.74) is 2.51. The summed E-state index contributed by atoms with van der Waals surface area (Å²) in [7, 11) is -1.20. The largest absolute Gasteiger partial charge is 0.373 e. The summed E-state index contributed by atoms with van der Waals surface area (Å²) in [6.07, 6.45) is 1.13. The molecule has 1 aromatic rings. The molecule has 0 aliphatic carbocycles. The minimum Gasteiger partial charge on any atom is -0.373 e. The van der Waals surface area contributed by atoms with E-state index in [2.05, 4.69) is 52.6 Å². The molecule has 0 saturated carbocycles. The number of hydrogen-bond acceptors (Lipinski definition) is 5. The van der Waals surface area contributed by atoms with Crippen molar-refractivity contribution in [3.8, 4) is 0 Å². The Bertz CT molecular complexity index is 786. The fraction of sp³-hybridized carbons (Fsp3) is 0.650. The van der Waals surface area contributed by atoms with Crippen LogP contribution in [0.1, 0.15) is 31.4 Å². The lowest BCUT2D eigenvalue weighted by Crippen LogP contribution is -2.45. The number of benzene rings is 1. The molecule has 0 bridgehead atoms. The van der Waals surface area contributed by atoms with Crippen LogP contribution in [0.25, 0.3) is 0 Å². The molecule has 2 N–H and O–H groups in total. The van der Waals surface area contributed by atoms with E-state index in [0.717, 1.165) is 19.6 Å². The van der Waals surface area contributed by atoms with E-state index in [1.807, 2.05) is 6.07 Å². The minimum atomic E-state index is -2.91. The van der Waals surface area contributed by atoms with Crippen LogP contribution in [0, 0.1) is 0 Å². The summed E-state index contributed by atoms with van der Waals surface area (Å²) in [5.74, 6) is 1.07. The summed E-state index contributed by atoms with van der Waals surface area (Å²) in [4.78, 5) is 6.69. The third-order valence-corrected chi connectivity index (χ3v) is 7.02. The molecule has 2 aliphatic rings. The second-order valence-corrected chi connectivity index (χ2v) is 10.1. The Morgan fingerprint density at radius 3 is 2.50 bits per heavy atom. The van der Waals surface area contributed by atoms with Crippen LogP contribution in [-0.2, 0) is 27.7 Å². The van der Waals surface area contributed by atoms with E-state index in [9.17, 15) is 8.42 Å². The van der Waals surface area contributed by atoms with Crippen molar-refractivity contribution in [3.05, 3.63) is 35.4 Å². The number of hydrogen-bond donors (Lipinski definition) is 2. The van der Waals surface area contributed by atoms with E-state index in [-0.39, 0.29) is 29.8 Å². The SMILES string of the molecule is CN=C(NCc1ccccc1CN1CC(C)OC(C)C1)NC1CCS(=O)(=O)C1. The Hall–Kier alpha value is -1.64.